The van der Waals surface area contributed by atoms with Crippen LogP contribution in [-0.2, 0) is 9.59 Å². The van der Waals surface area contributed by atoms with Gasteiger partial charge < -0.3 is 10.2 Å². The van der Waals surface area contributed by atoms with E-state index >= 15 is 0 Å². The maximum atomic E-state index is 13.0. The lowest BCUT2D eigenvalue weighted by Gasteiger charge is -2.27. The summed E-state index contributed by atoms with van der Waals surface area (Å²) < 4.78 is 0. The Labute approximate surface area is 148 Å². The topological polar surface area (TPSA) is 49.4 Å². The predicted octanol–water partition coefficient (Wildman–Crippen LogP) is 3.62. The Hall–Kier alpha value is -2.62. The smallest absolute Gasteiger partial charge is 0.225 e. The summed E-state index contributed by atoms with van der Waals surface area (Å²) in [6, 6.07) is 19.7. The number of amides is 2. The average Bonchev–Trinajstić information content (AvgIpc) is 3.12. The fourth-order valence-corrected chi connectivity index (χ4v) is 3.56. The minimum Gasteiger partial charge on any atom is -0.349 e. The zero-order chi connectivity index (χ0) is 17.6. The first-order valence-electron chi connectivity index (χ1n) is 8.81. The standard InChI is InChI=1S/C21H24N2O2/c1-16(24)22-19(17-9-4-2-5-10-17)15-21(25)23-14-8-13-20(23)18-11-6-3-7-12-18/h2-7,9-12,19-20H,8,13-15H2,1H3,(H,22,24). The lowest BCUT2D eigenvalue weighted by atomic mass is 10.0. The van der Waals surface area contributed by atoms with E-state index in [2.05, 4.69) is 17.4 Å². The molecule has 25 heavy (non-hydrogen) atoms. The molecule has 2 aromatic rings. The molecule has 0 radical (unpaired) electrons. The van der Waals surface area contributed by atoms with Crippen LogP contribution in [0.2, 0.25) is 0 Å². The van der Waals surface area contributed by atoms with Gasteiger partial charge in [0.1, 0.15) is 0 Å². The highest BCUT2D eigenvalue weighted by atomic mass is 16.2. The predicted molar refractivity (Wildman–Crippen MR) is 97.7 cm³/mol. The number of hydrogen-bond donors (Lipinski definition) is 1. The molecule has 130 valence electrons. The maximum absolute atomic E-state index is 13.0. The Bertz CT molecular complexity index is 715. The Morgan fingerprint density at radius 3 is 2.36 bits per heavy atom. The van der Waals surface area contributed by atoms with Gasteiger partial charge >= 0.3 is 0 Å². The van der Waals surface area contributed by atoms with Crippen molar-refractivity contribution in [2.75, 3.05) is 6.54 Å². The Morgan fingerprint density at radius 2 is 1.72 bits per heavy atom. The molecule has 4 nitrogen and oxygen atoms in total. The first-order valence-corrected chi connectivity index (χ1v) is 8.81. The summed E-state index contributed by atoms with van der Waals surface area (Å²) in [7, 11) is 0. The quantitative estimate of drug-likeness (QED) is 0.906. The van der Waals surface area contributed by atoms with E-state index in [9.17, 15) is 9.59 Å². The molecule has 2 atom stereocenters. The van der Waals surface area contributed by atoms with Gasteiger partial charge in [-0.25, -0.2) is 0 Å². The zero-order valence-electron chi connectivity index (χ0n) is 14.5. The zero-order valence-corrected chi connectivity index (χ0v) is 14.5. The molecule has 1 fully saturated rings. The van der Waals surface area contributed by atoms with E-state index < -0.39 is 0 Å². The molecule has 1 heterocycles. The van der Waals surface area contributed by atoms with Crippen LogP contribution in [0.3, 0.4) is 0 Å². The molecule has 2 unspecified atom stereocenters. The summed E-state index contributed by atoms with van der Waals surface area (Å²) in [4.78, 5) is 26.5. The van der Waals surface area contributed by atoms with Crippen LogP contribution < -0.4 is 5.32 Å². The third-order valence-electron chi connectivity index (χ3n) is 4.72. The van der Waals surface area contributed by atoms with Crippen LogP contribution in [0, 0.1) is 0 Å². The van der Waals surface area contributed by atoms with Gasteiger partial charge in [0.2, 0.25) is 11.8 Å². The minimum absolute atomic E-state index is 0.0916. The summed E-state index contributed by atoms with van der Waals surface area (Å²) in [6.45, 7) is 2.27. The van der Waals surface area contributed by atoms with Crippen molar-refractivity contribution in [1.29, 1.82) is 0 Å². The molecule has 2 aromatic carbocycles. The van der Waals surface area contributed by atoms with Gasteiger partial charge in [0, 0.05) is 13.5 Å². The summed E-state index contributed by atoms with van der Waals surface area (Å²) in [5.41, 5.74) is 2.14. The molecule has 1 aliphatic rings. The summed E-state index contributed by atoms with van der Waals surface area (Å²) in [5, 5.41) is 2.92. The van der Waals surface area contributed by atoms with Gasteiger partial charge in [-0.2, -0.15) is 0 Å². The van der Waals surface area contributed by atoms with Crippen LogP contribution >= 0.6 is 0 Å². The van der Waals surface area contributed by atoms with Gasteiger partial charge in [0.25, 0.3) is 0 Å². The molecule has 1 N–H and O–H groups in total. The van der Waals surface area contributed by atoms with Crippen LogP contribution in [-0.4, -0.2) is 23.3 Å². The fraction of sp³-hybridized carbons (Fsp3) is 0.333. The number of nitrogens with zero attached hydrogens (tertiary/aromatic N) is 1. The van der Waals surface area contributed by atoms with Crippen molar-refractivity contribution in [1.82, 2.24) is 10.2 Å². The van der Waals surface area contributed by atoms with Gasteiger partial charge in [0.05, 0.1) is 18.5 Å². The number of nitrogens with one attached hydrogen (secondary N) is 1. The molecule has 0 saturated carbocycles. The molecule has 0 spiro atoms. The SMILES string of the molecule is CC(=O)NC(CC(=O)N1CCCC1c1ccccc1)c1ccccc1. The maximum Gasteiger partial charge on any atom is 0.225 e. The molecule has 0 aromatic heterocycles. The van der Waals surface area contributed by atoms with Gasteiger partial charge in [-0.1, -0.05) is 60.7 Å². The average molecular weight is 336 g/mol. The van der Waals surface area contributed by atoms with Crippen molar-refractivity contribution in [3.05, 3.63) is 71.8 Å². The van der Waals surface area contributed by atoms with E-state index in [0.717, 1.165) is 24.9 Å². The van der Waals surface area contributed by atoms with Gasteiger partial charge in [-0.05, 0) is 24.0 Å². The van der Waals surface area contributed by atoms with Crippen LogP contribution in [0.25, 0.3) is 0 Å². The van der Waals surface area contributed by atoms with E-state index in [4.69, 9.17) is 0 Å². The number of carbonyl (C=O) groups is 2. The number of carbonyl (C=O) groups excluding carboxylic acids is 2. The van der Waals surface area contributed by atoms with Crippen LogP contribution in [0.5, 0.6) is 0 Å². The van der Waals surface area contributed by atoms with E-state index in [1.165, 1.54) is 12.5 Å². The van der Waals surface area contributed by atoms with Crippen LogP contribution in [0.15, 0.2) is 60.7 Å². The summed E-state index contributed by atoms with van der Waals surface area (Å²) >= 11 is 0. The van der Waals surface area contributed by atoms with Crippen LogP contribution in [0.4, 0.5) is 0 Å². The Balaban J connectivity index is 1.75. The second-order valence-corrected chi connectivity index (χ2v) is 6.52. The molecule has 0 aliphatic carbocycles. The lowest BCUT2D eigenvalue weighted by molar-refractivity contribution is -0.133. The van der Waals surface area contributed by atoms with Crippen LogP contribution in [0.1, 0.15) is 49.4 Å². The summed E-state index contributed by atoms with van der Waals surface area (Å²) in [5.74, 6) is -0.0309. The molecule has 2 amide bonds. The highest BCUT2D eigenvalue weighted by molar-refractivity contribution is 5.80. The number of hydrogen-bond acceptors (Lipinski definition) is 2. The molecular weight excluding hydrogens is 312 g/mol. The monoisotopic (exact) mass is 336 g/mol. The number of likely N-dealkylation sites (tertiary alicyclic amines) is 1. The Kier molecular flexibility index (Phi) is 5.49. The second kappa shape index (κ2) is 7.97. The highest BCUT2D eigenvalue weighted by Gasteiger charge is 2.31. The molecule has 0 bridgehead atoms. The number of benzene rings is 2. The van der Waals surface area contributed by atoms with Gasteiger partial charge in [-0.3, -0.25) is 9.59 Å². The van der Waals surface area contributed by atoms with Gasteiger partial charge in [0.15, 0.2) is 0 Å². The normalized spacial score (nSPS) is 18.0. The lowest BCUT2D eigenvalue weighted by Crippen LogP contribution is -2.35. The third-order valence-corrected chi connectivity index (χ3v) is 4.72. The highest BCUT2D eigenvalue weighted by Crippen LogP contribution is 2.33. The molecule has 4 heteroatoms. The third kappa shape index (κ3) is 4.27. The largest absolute Gasteiger partial charge is 0.349 e. The van der Waals surface area contributed by atoms with Crippen molar-refractivity contribution in [3.8, 4) is 0 Å². The van der Waals surface area contributed by atoms with Crippen molar-refractivity contribution in [2.45, 2.75) is 38.3 Å². The van der Waals surface area contributed by atoms with Gasteiger partial charge in [-0.15, -0.1) is 0 Å². The first-order chi connectivity index (χ1) is 12.1. The molecule has 1 saturated heterocycles. The molecular formula is C21H24N2O2. The number of rotatable bonds is 5. The molecule has 1 aliphatic heterocycles. The minimum atomic E-state index is -0.289. The first kappa shape index (κ1) is 17.2. The van der Waals surface area contributed by atoms with Crippen molar-refractivity contribution in [2.24, 2.45) is 0 Å². The van der Waals surface area contributed by atoms with Crippen molar-refractivity contribution < 1.29 is 9.59 Å². The van der Waals surface area contributed by atoms with Crippen molar-refractivity contribution in [3.63, 3.8) is 0 Å². The van der Waals surface area contributed by atoms with E-state index in [1.54, 1.807) is 0 Å². The van der Waals surface area contributed by atoms with E-state index in [-0.39, 0.29) is 30.3 Å². The summed E-state index contributed by atoms with van der Waals surface area (Å²) in [6.07, 6.45) is 2.29. The molecule has 3 rings (SSSR count). The second-order valence-electron chi connectivity index (χ2n) is 6.52. The van der Waals surface area contributed by atoms with E-state index in [1.807, 2.05) is 53.4 Å². The van der Waals surface area contributed by atoms with E-state index in [0.29, 0.717) is 0 Å². The van der Waals surface area contributed by atoms with Crippen molar-refractivity contribution >= 4 is 11.8 Å². The Morgan fingerprint density at radius 1 is 1.08 bits per heavy atom. The fourth-order valence-electron chi connectivity index (χ4n) is 3.56.